The van der Waals surface area contributed by atoms with Crippen LogP contribution >= 0.6 is 0 Å². The average Bonchev–Trinajstić information content (AvgIpc) is 2.21. The summed E-state index contributed by atoms with van der Waals surface area (Å²) in [6, 6.07) is 3.44. The minimum Gasteiger partial charge on any atom is -0.355 e. The molecule has 0 aliphatic heterocycles. The Labute approximate surface area is 72.8 Å². The molecule has 0 radical (unpaired) electrons. The molecule has 0 aliphatic rings. The molecule has 66 valence electrons. The summed E-state index contributed by atoms with van der Waals surface area (Å²) in [4.78, 5) is 14.7. The van der Waals surface area contributed by atoms with E-state index in [4.69, 9.17) is 0 Å². The molecule has 3 nitrogen and oxygen atoms in total. The van der Waals surface area contributed by atoms with E-state index in [1.54, 1.807) is 25.4 Å². The molecular formula is C9H14N2O. The third-order valence-electron chi connectivity index (χ3n) is 1.15. The average molecular weight is 166 g/mol. The van der Waals surface area contributed by atoms with Gasteiger partial charge in [-0.3, -0.25) is 9.78 Å². The zero-order valence-corrected chi connectivity index (χ0v) is 7.66. The number of nitrogens with zero attached hydrogens (tertiary/aromatic N) is 1. The van der Waals surface area contributed by atoms with Crippen LogP contribution in [0.4, 0.5) is 0 Å². The molecule has 0 unspecified atom stereocenters. The first-order valence-electron chi connectivity index (χ1n) is 3.96. The molecule has 1 aromatic heterocycles. The molecule has 0 saturated heterocycles. The Kier molecular flexibility index (Phi) is 5.61. The van der Waals surface area contributed by atoms with Crippen molar-refractivity contribution in [2.24, 2.45) is 0 Å². The Bertz CT molecular complexity index is 221. The van der Waals surface area contributed by atoms with E-state index in [2.05, 4.69) is 10.3 Å². The fourth-order valence-corrected chi connectivity index (χ4v) is 0.641. The highest BCUT2D eigenvalue weighted by Crippen LogP contribution is 1.93. The predicted octanol–water partition coefficient (Wildman–Crippen LogP) is 1.47. The highest BCUT2D eigenvalue weighted by atomic mass is 16.1. The Morgan fingerprint density at radius 1 is 1.50 bits per heavy atom. The summed E-state index contributed by atoms with van der Waals surface area (Å²) in [7, 11) is 1.59. The first-order valence-corrected chi connectivity index (χ1v) is 3.96. The summed E-state index contributed by atoms with van der Waals surface area (Å²) in [5.41, 5.74) is 0.588. The van der Waals surface area contributed by atoms with Gasteiger partial charge in [0.25, 0.3) is 5.91 Å². The number of hydrogen-bond acceptors (Lipinski definition) is 2. The van der Waals surface area contributed by atoms with Gasteiger partial charge in [-0.05, 0) is 12.1 Å². The number of rotatable bonds is 1. The van der Waals surface area contributed by atoms with E-state index >= 15 is 0 Å². The van der Waals surface area contributed by atoms with Gasteiger partial charge in [0.2, 0.25) is 0 Å². The number of aromatic nitrogens is 1. The van der Waals surface area contributed by atoms with Gasteiger partial charge in [0.1, 0.15) is 0 Å². The van der Waals surface area contributed by atoms with E-state index in [1.165, 1.54) is 6.20 Å². The lowest BCUT2D eigenvalue weighted by Gasteiger charge is -1.95. The standard InChI is InChI=1S/C7H8N2O.C2H6/c1-8-7(10)6-3-2-4-9-5-6;1-2/h2-5H,1H3,(H,8,10);1-2H3. The normalized spacial score (nSPS) is 7.92. The number of hydrogen-bond donors (Lipinski definition) is 1. The van der Waals surface area contributed by atoms with Crippen LogP contribution in [0.15, 0.2) is 24.5 Å². The predicted molar refractivity (Wildman–Crippen MR) is 49.0 cm³/mol. The molecule has 3 heteroatoms. The number of carbonyl (C=O) groups is 1. The topological polar surface area (TPSA) is 42.0 Å². The van der Waals surface area contributed by atoms with Crippen LogP contribution in [0.2, 0.25) is 0 Å². The maximum Gasteiger partial charge on any atom is 0.252 e. The van der Waals surface area contributed by atoms with Gasteiger partial charge < -0.3 is 5.32 Å². The molecule has 1 heterocycles. The molecule has 1 amide bonds. The quantitative estimate of drug-likeness (QED) is 0.686. The highest BCUT2D eigenvalue weighted by molar-refractivity contribution is 5.93. The first kappa shape index (κ1) is 10.6. The molecule has 0 aliphatic carbocycles. The minimum atomic E-state index is -0.104. The van der Waals surface area contributed by atoms with Crippen LogP contribution in [0, 0.1) is 0 Å². The molecule has 0 spiro atoms. The van der Waals surface area contributed by atoms with Crippen LogP contribution in [0.1, 0.15) is 24.2 Å². The van der Waals surface area contributed by atoms with Crippen LogP contribution in [0.25, 0.3) is 0 Å². The van der Waals surface area contributed by atoms with E-state index in [0.29, 0.717) is 5.56 Å². The van der Waals surface area contributed by atoms with Crippen molar-refractivity contribution in [1.29, 1.82) is 0 Å². The summed E-state index contributed by atoms with van der Waals surface area (Å²) in [5, 5.41) is 2.50. The molecule has 0 atom stereocenters. The lowest BCUT2D eigenvalue weighted by atomic mass is 10.3. The second-order valence-corrected chi connectivity index (χ2v) is 1.82. The maximum atomic E-state index is 10.9. The fourth-order valence-electron chi connectivity index (χ4n) is 0.641. The van der Waals surface area contributed by atoms with Crippen molar-refractivity contribution >= 4 is 5.91 Å². The van der Waals surface area contributed by atoms with E-state index in [-0.39, 0.29) is 5.91 Å². The van der Waals surface area contributed by atoms with Gasteiger partial charge in [-0.25, -0.2) is 0 Å². The highest BCUT2D eigenvalue weighted by Gasteiger charge is 1.98. The van der Waals surface area contributed by atoms with E-state index < -0.39 is 0 Å². The van der Waals surface area contributed by atoms with E-state index in [9.17, 15) is 4.79 Å². The molecule has 1 rings (SSSR count). The van der Waals surface area contributed by atoms with Crippen molar-refractivity contribution in [2.75, 3.05) is 7.05 Å². The maximum absolute atomic E-state index is 10.9. The lowest BCUT2D eigenvalue weighted by Crippen LogP contribution is -2.17. The number of carbonyl (C=O) groups excluding carboxylic acids is 1. The second-order valence-electron chi connectivity index (χ2n) is 1.82. The summed E-state index contributed by atoms with van der Waals surface area (Å²) in [6.45, 7) is 4.00. The van der Waals surface area contributed by atoms with Crippen molar-refractivity contribution < 1.29 is 4.79 Å². The Hall–Kier alpha value is -1.38. The summed E-state index contributed by atoms with van der Waals surface area (Å²) >= 11 is 0. The van der Waals surface area contributed by atoms with Crippen LogP contribution in [0.5, 0.6) is 0 Å². The van der Waals surface area contributed by atoms with Gasteiger partial charge in [-0.2, -0.15) is 0 Å². The van der Waals surface area contributed by atoms with Gasteiger partial charge in [-0.1, -0.05) is 13.8 Å². The van der Waals surface area contributed by atoms with Crippen molar-refractivity contribution in [3.8, 4) is 0 Å². The molecule has 12 heavy (non-hydrogen) atoms. The molecule has 1 N–H and O–H groups in total. The third-order valence-corrected chi connectivity index (χ3v) is 1.15. The van der Waals surface area contributed by atoms with Crippen LogP contribution in [-0.2, 0) is 0 Å². The summed E-state index contributed by atoms with van der Waals surface area (Å²) in [6.07, 6.45) is 3.16. The first-order chi connectivity index (χ1) is 5.84. The monoisotopic (exact) mass is 166 g/mol. The molecular weight excluding hydrogens is 152 g/mol. The van der Waals surface area contributed by atoms with Gasteiger partial charge in [0.05, 0.1) is 5.56 Å². The summed E-state index contributed by atoms with van der Waals surface area (Å²) < 4.78 is 0. The lowest BCUT2D eigenvalue weighted by molar-refractivity contribution is 0.0963. The van der Waals surface area contributed by atoms with Crippen molar-refractivity contribution in [3.63, 3.8) is 0 Å². The number of amides is 1. The van der Waals surface area contributed by atoms with Gasteiger partial charge in [-0.15, -0.1) is 0 Å². The molecule has 0 aromatic carbocycles. The van der Waals surface area contributed by atoms with Crippen molar-refractivity contribution in [2.45, 2.75) is 13.8 Å². The fraction of sp³-hybridized carbons (Fsp3) is 0.333. The Morgan fingerprint density at radius 2 is 2.17 bits per heavy atom. The van der Waals surface area contributed by atoms with E-state index in [1.807, 2.05) is 13.8 Å². The van der Waals surface area contributed by atoms with Gasteiger partial charge >= 0.3 is 0 Å². The SMILES string of the molecule is CC.CNC(=O)c1cccnc1. The molecule has 0 fully saturated rings. The number of pyridine rings is 1. The van der Waals surface area contributed by atoms with Crippen LogP contribution < -0.4 is 5.32 Å². The zero-order chi connectivity index (χ0) is 9.40. The Morgan fingerprint density at radius 3 is 2.58 bits per heavy atom. The van der Waals surface area contributed by atoms with Crippen molar-refractivity contribution in [1.82, 2.24) is 10.3 Å². The number of nitrogens with one attached hydrogen (secondary N) is 1. The van der Waals surface area contributed by atoms with Crippen LogP contribution in [0.3, 0.4) is 0 Å². The third kappa shape index (κ3) is 3.14. The molecule has 0 saturated carbocycles. The van der Waals surface area contributed by atoms with E-state index in [0.717, 1.165) is 0 Å². The Balaban J connectivity index is 0.000000561. The van der Waals surface area contributed by atoms with Crippen molar-refractivity contribution in [3.05, 3.63) is 30.1 Å². The second kappa shape index (κ2) is 6.34. The molecule has 0 bridgehead atoms. The minimum absolute atomic E-state index is 0.104. The largest absolute Gasteiger partial charge is 0.355 e. The smallest absolute Gasteiger partial charge is 0.252 e. The van der Waals surface area contributed by atoms with Gasteiger partial charge in [0.15, 0.2) is 0 Å². The van der Waals surface area contributed by atoms with Gasteiger partial charge in [0, 0.05) is 19.4 Å². The zero-order valence-electron chi connectivity index (χ0n) is 7.66. The van der Waals surface area contributed by atoms with Crippen LogP contribution in [-0.4, -0.2) is 17.9 Å². The molecule has 1 aromatic rings. The summed E-state index contributed by atoms with van der Waals surface area (Å²) in [5.74, 6) is -0.104.